The number of unbranched alkanes of at least 4 members (excludes halogenated alkanes) is 1. The third kappa shape index (κ3) is 4.08. The average molecular weight is 410 g/mol. The number of benzene rings is 1. The highest BCUT2D eigenvalue weighted by molar-refractivity contribution is 7.89. The maximum Gasteiger partial charge on any atom is 0.214 e. The van der Waals surface area contributed by atoms with Crippen molar-refractivity contribution >= 4 is 33.2 Å². The number of rotatable bonds is 6. The number of ether oxygens (including phenoxy) is 1. The van der Waals surface area contributed by atoms with Crippen molar-refractivity contribution in [1.82, 2.24) is 4.31 Å². The summed E-state index contributed by atoms with van der Waals surface area (Å²) in [5.74, 6) is 0.323. The predicted molar refractivity (Wildman–Crippen MR) is 101 cm³/mol. The molecule has 1 heterocycles. The van der Waals surface area contributed by atoms with Crippen LogP contribution in [0.4, 0.5) is 0 Å². The quantitative estimate of drug-likeness (QED) is 0.770. The van der Waals surface area contributed by atoms with Crippen LogP contribution < -0.4 is 4.74 Å². The monoisotopic (exact) mass is 409 g/mol. The van der Waals surface area contributed by atoms with Crippen molar-refractivity contribution in [3.63, 3.8) is 0 Å². The molecule has 0 radical (unpaired) electrons. The van der Waals surface area contributed by atoms with Gasteiger partial charge in [-0.3, -0.25) is 0 Å². The molecule has 1 aromatic carbocycles. The normalized spacial score (nSPS) is 22.6. The molecule has 0 aromatic heterocycles. The van der Waals surface area contributed by atoms with Gasteiger partial charge in [0.1, 0.15) is 17.5 Å². The van der Waals surface area contributed by atoms with Gasteiger partial charge < -0.3 is 9.84 Å². The van der Waals surface area contributed by atoms with Gasteiger partial charge in [0, 0.05) is 17.1 Å². The van der Waals surface area contributed by atoms with Gasteiger partial charge in [-0.15, -0.1) is 0 Å². The van der Waals surface area contributed by atoms with Crippen LogP contribution in [0.1, 0.15) is 52.1 Å². The molecule has 0 aliphatic carbocycles. The average Bonchev–Trinajstić information content (AvgIpc) is 2.52. The summed E-state index contributed by atoms with van der Waals surface area (Å²) in [6.45, 7) is 7.33. The molecule has 25 heavy (non-hydrogen) atoms. The second kappa shape index (κ2) is 7.61. The number of halogens is 2. The summed E-state index contributed by atoms with van der Waals surface area (Å²) >= 11 is 12.4. The lowest BCUT2D eigenvalue weighted by atomic mass is 9.86. The van der Waals surface area contributed by atoms with E-state index in [-0.39, 0.29) is 5.75 Å². The molecule has 5 nitrogen and oxygen atoms in total. The molecular formula is C17H25Cl2NO4S. The number of hydrogen-bond donors (Lipinski definition) is 1. The summed E-state index contributed by atoms with van der Waals surface area (Å²) in [6, 6.07) is 2.37. The molecule has 1 N–H and O–H groups in total. The van der Waals surface area contributed by atoms with E-state index in [1.54, 1.807) is 32.9 Å². The minimum Gasteiger partial charge on any atom is -0.483 e. The Balaban J connectivity index is 2.67. The van der Waals surface area contributed by atoms with Gasteiger partial charge in [-0.1, -0.05) is 36.5 Å². The van der Waals surface area contributed by atoms with Crippen molar-refractivity contribution in [2.45, 2.75) is 58.3 Å². The Morgan fingerprint density at radius 1 is 1.28 bits per heavy atom. The molecule has 0 fully saturated rings. The van der Waals surface area contributed by atoms with E-state index in [1.165, 1.54) is 4.31 Å². The van der Waals surface area contributed by atoms with Gasteiger partial charge in [-0.25, -0.2) is 8.42 Å². The Kier molecular flexibility index (Phi) is 6.32. The van der Waals surface area contributed by atoms with Crippen LogP contribution in [-0.2, 0) is 10.0 Å². The van der Waals surface area contributed by atoms with E-state index >= 15 is 0 Å². The third-order valence-electron chi connectivity index (χ3n) is 4.50. The molecule has 0 saturated heterocycles. The van der Waals surface area contributed by atoms with Gasteiger partial charge in [0.25, 0.3) is 0 Å². The molecule has 2 rings (SSSR count). The number of aliphatic hydroxyl groups is 1. The first-order valence-electron chi connectivity index (χ1n) is 8.40. The van der Waals surface area contributed by atoms with Crippen molar-refractivity contribution in [1.29, 1.82) is 0 Å². The smallest absolute Gasteiger partial charge is 0.214 e. The highest BCUT2D eigenvalue weighted by Gasteiger charge is 2.48. The van der Waals surface area contributed by atoms with Gasteiger partial charge in [0.15, 0.2) is 0 Å². The Bertz CT molecular complexity index is 736. The van der Waals surface area contributed by atoms with Gasteiger partial charge in [0.05, 0.1) is 16.8 Å². The number of fused-ring (bicyclic) bond motifs is 1. The number of hydrogen-bond acceptors (Lipinski definition) is 4. The first kappa shape index (κ1) is 20.8. The standard InChI is InChI=1S/C17H25Cl2NO4S/c1-5-7-8-20(25(22,23)6-2)14-12-9-11(18)10-13(19)15(12)24-17(3,4)16(14)21/h9-10,14,16,21H,5-8H2,1-4H3/t14-,16+/m1/s1. The summed E-state index contributed by atoms with van der Waals surface area (Å²) < 4.78 is 32.8. The SMILES string of the molecule is CCCCN([C@@H]1c2cc(Cl)cc(Cl)c2OC(C)(C)[C@H]1O)S(=O)(=O)CC. The van der Waals surface area contributed by atoms with Crippen LogP contribution >= 0.6 is 23.2 Å². The Labute approximate surface area is 159 Å². The van der Waals surface area contributed by atoms with Crippen molar-refractivity contribution in [2.24, 2.45) is 0 Å². The van der Waals surface area contributed by atoms with E-state index in [9.17, 15) is 13.5 Å². The van der Waals surface area contributed by atoms with E-state index < -0.39 is 27.8 Å². The Morgan fingerprint density at radius 3 is 2.48 bits per heavy atom. The second-order valence-electron chi connectivity index (χ2n) is 6.77. The molecule has 0 spiro atoms. The lowest BCUT2D eigenvalue weighted by Crippen LogP contribution is -2.55. The van der Waals surface area contributed by atoms with E-state index in [4.69, 9.17) is 27.9 Å². The number of sulfonamides is 1. The lowest BCUT2D eigenvalue weighted by Gasteiger charge is -2.46. The van der Waals surface area contributed by atoms with Crippen molar-refractivity contribution in [3.05, 3.63) is 27.7 Å². The molecule has 1 aliphatic heterocycles. The fourth-order valence-corrected chi connectivity index (χ4v) is 4.89. The first-order chi connectivity index (χ1) is 11.5. The van der Waals surface area contributed by atoms with E-state index in [2.05, 4.69) is 0 Å². The Hall–Kier alpha value is -0.530. The largest absolute Gasteiger partial charge is 0.483 e. The molecule has 0 bridgehead atoms. The Morgan fingerprint density at radius 2 is 1.92 bits per heavy atom. The van der Waals surface area contributed by atoms with Crippen LogP contribution in [0, 0.1) is 0 Å². The maximum absolute atomic E-state index is 12.7. The molecule has 8 heteroatoms. The van der Waals surface area contributed by atoms with E-state index in [0.29, 0.717) is 34.3 Å². The van der Waals surface area contributed by atoms with Gasteiger partial charge in [-0.2, -0.15) is 4.31 Å². The van der Waals surface area contributed by atoms with Crippen LogP contribution in [0.5, 0.6) is 5.75 Å². The van der Waals surface area contributed by atoms with E-state index in [1.807, 2.05) is 6.92 Å². The van der Waals surface area contributed by atoms with Crippen molar-refractivity contribution in [3.8, 4) is 5.75 Å². The number of nitrogens with zero attached hydrogens (tertiary/aromatic N) is 1. The van der Waals surface area contributed by atoms with E-state index in [0.717, 1.165) is 6.42 Å². The van der Waals surface area contributed by atoms with Crippen molar-refractivity contribution in [2.75, 3.05) is 12.3 Å². The zero-order chi connectivity index (χ0) is 19.0. The van der Waals surface area contributed by atoms with Crippen LogP contribution in [0.25, 0.3) is 0 Å². The summed E-state index contributed by atoms with van der Waals surface area (Å²) in [6.07, 6.45) is 0.460. The minimum absolute atomic E-state index is 0.0507. The van der Waals surface area contributed by atoms with Crippen LogP contribution in [0.3, 0.4) is 0 Å². The van der Waals surface area contributed by atoms with Gasteiger partial charge >= 0.3 is 0 Å². The fourth-order valence-electron chi connectivity index (χ4n) is 3.02. The molecular weight excluding hydrogens is 385 g/mol. The molecule has 142 valence electrons. The second-order valence-corrected chi connectivity index (χ2v) is 9.82. The highest BCUT2D eigenvalue weighted by atomic mass is 35.5. The summed E-state index contributed by atoms with van der Waals surface area (Å²) in [4.78, 5) is 0. The summed E-state index contributed by atoms with van der Waals surface area (Å²) in [7, 11) is -3.55. The predicted octanol–water partition coefficient (Wildman–Crippen LogP) is 4.02. The molecule has 2 atom stereocenters. The van der Waals surface area contributed by atoms with Crippen LogP contribution in [-0.4, -0.2) is 41.8 Å². The zero-order valence-electron chi connectivity index (χ0n) is 14.9. The highest BCUT2D eigenvalue weighted by Crippen LogP contribution is 2.48. The minimum atomic E-state index is -3.55. The maximum atomic E-state index is 12.7. The third-order valence-corrected chi connectivity index (χ3v) is 6.85. The summed E-state index contributed by atoms with van der Waals surface area (Å²) in [5.41, 5.74) is -0.500. The van der Waals surface area contributed by atoms with Crippen molar-refractivity contribution < 1.29 is 18.3 Å². The van der Waals surface area contributed by atoms with Crippen LogP contribution in [0.2, 0.25) is 10.0 Å². The zero-order valence-corrected chi connectivity index (χ0v) is 17.2. The van der Waals surface area contributed by atoms with Crippen LogP contribution in [0.15, 0.2) is 12.1 Å². The molecule has 0 unspecified atom stereocenters. The van der Waals surface area contributed by atoms with Gasteiger partial charge in [0.2, 0.25) is 10.0 Å². The molecule has 0 saturated carbocycles. The number of aliphatic hydroxyl groups excluding tert-OH is 1. The molecule has 1 aromatic rings. The molecule has 1 aliphatic rings. The topological polar surface area (TPSA) is 66.8 Å². The summed E-state index contributed by atoms with van der Waals surface area (Å²) in [5, 5.41) is 11.6. The fraction of sp³-hybridized carbons (Fsp3) is 0.647. The lowest BCUT2D eigenvalue weighted by molar-refractivity contribution is -0.0791. The van der Waals surface area contributed by atoms with Gasteiger partial charge in [-0.05, 0) is 39.3 Å². The molecule has 0 amide bonds. The first-order valence-corrected chi connectivity index (χ1v) is 10.8.